The van der Waals surface area contributed by atoms with E-state index in [0.29, 0.717) is 6.61 Å². The molecule has 0 bridgehead atoms. The van der Waals surface area contributed by atoms with E-state index in [1.54, 1.807) is 0 Å². The Hall–Kier alpha value is -0.830. The summed E-state index contributed by atoms with van der Waals surface area (Å²) in [5, 5.41) is 8.71. The van der Waals surface area contributed by atoms with E-state index in [2.05, 4.69) is 17.1 Å². The molecule has 146 valence electrons. The monoisotopic (exact) mass is 351 g/mol. The summed E-state index contributed by atoms with van der Waals surface area (Å²) in [6, 6.07) is 0. The highest BCUT2D eigenvalue weighted by molar-refractivity contribution is 5.77. The molecule has 1 rings (SSSR count). The molecule has 0 atom stereocenters. The number of ether oxygens (including phenoxy) is 1. The maximum Gasteiger partial charge on any atom is 0.183 e. The molecule has 0 unspecified atom stereocenters. The van der Waals surface area contributed by atoms with Crippen molar-refractivity contribution in [1.29, 1.82) is 0 Å². The third-order valence-electron chi connectivity index (χ3n) is 4.86. The third-order valence-corrected chi connectivity index (χ3v) is 4.86. The quantitative estimate of drug-likeness (QED) is 0.236. The molecule has 0 spiro atoms. The van der Waals surface area contributed by atoms with Crippen LogP contribution in [-0.4, -0.2) is 30.8 Å². The largest absolute Gasteiger partial charge is 0.479 e. The SMILES string of the molecule is OCCCCCCCCC/C=C\CCCCCCCCC1=NCCO1. The van der Waals surface area contributed by atoms with E-state index in [-0.39, 0.29) is 0 Å². The van der Waals surface area contributed by atoms with Gasteiger partial charge in [-0.3, -0.25) is 4.99 Å². The van der Waals surface area contributed by atoms with Crippen LogP contribution in [0, 0.1) is 0 Å². The molecule has 0 amide bonds. The molecule has 0 fully saturated rings. The van der Waals surface area contributed by atoms with Gasteiger partial charge < -0.3 is 9.84 Å². The van der Waals surface area contributed by atoms with E-state index in [0.717, 1.165) is 31.9 Å². The molecular formula is C22H41NO2. The molecule has 0 aromatic carbocycles. The zero-order valence-corrected chi connectivity index (χ0v) is 16.4. The highest BCUT2D eigenvalue weighted by Crippen LogP contribution is 2.12. The average molecular weight is 352 g/mol. The minimum absolute atomic E-state index is 0.358. The highest BCUT2D eigenvalue weighted by Gasteiger charge is 2.05. The molecule has 0 aromatic heterocycles. The van der Waals surface area contributed by atoms with E-state index in [4.69, 9.17) is 9.84 Å². The van der Waals surface area contributed by atoms with E-state index in [1.165, 1.54) is 89.9 Å². The molecule has 0 radical (unpaired) electrons. The zero-order valence-electron chi connectivity index (χ0n) is 16.4. The van der Waals surface area contributed by atoms with Crippen molar-refractivity contribution in [2.45, 2.75) is 103 Å². The van der Waals surface area contributed by atoms with Gasteiger partial charge in [-0.15, -0.1) is 0 Å². The summed E-state index contributed by atoms with van der Waals surface area (Å²) in [7, 11) is 0. The lowest BCUT2D eigenvalue weighted by Crippen LogP contribution is -1.98. The highest BCUT2D eigenvalue weighted by atomic mass is 16.5. The van der Waals surface area contributed by atoms with Crippen LogP contribution in [-0.2, 0) is 4.74 Å². The van der Waals surface area contributed by atoms with Crippen molar-refractivity contribution in [2.24, 2.45) is 4.99 Å². The van der Waals surface area contributed by atoms with Crippen LogP contribution in [0.5, 0.6) is 0 Å². The normalized spacial score (nSPS) is 14.2. The van der Waals surface area contributed by atoms with Crippen molar-refractivity contribution in [3.05, 3.63) is 12.2 Å². The van der Waals surface area contributed by atoms with Crippen LogP contribution in [0.3, 0.4) is 0 Å². The Labute approximate surface area is 156 Å². The molecule has 0 saturated heterocycles. The summed E-state index contributed by atoms with van der Waals surface area (Å²) in [6.07, 6.45) is 25.2. The standard InChI is InChI=1S/C22H41NO2/c24-20-17-15-13-11-9-7-5-3-1-2-4-6-8-10-12-14-16-18-22-23-19-21-25-22/h1-2,24H,3-21H2/b2-1-. The van der Waals surface area contributed by atoms with Crippen LogP contribution in [0.25, 0.3) is 0 Å². The van der Waals surface area contributed by atoms with E-state index in [9.17, 15) is 0 Å². The second-order valence-corrected chi connectivity index (χ2v) is 7.24. The molecule has 0 saturated carbocycles. The van der Waals surface area contributed by atoms with Crippen molar-refractivity contribution in [3.63, 3.8) is 0 Å². The van der Waals surface area contributed by atoms with Gasteiger partial charge in [-0.25, -0.2) is 0 Å². The molecule has 0 aromatic rings. The molecule has 3 heteroatoms. The number of aliphatic hydroxyl groups is 1. The second kappa shape index (κ2) is 18.0. The van der Waals surface area contributed by atoms with Gasteiger partial charge in [0.1, 0.15) is 6.61 Å². The van der Waals surface area contributed by atoms with Crippen molar-refractivity contribution in [2.75, 3.05) is 19.8 Å². The molecule has 25 heavy (non-hydrogen) atoms. The van der Waals surface area contributed by atoms with Crippen molar-refractivity contribution >= 4 is 5.90 Å². The van der Waals surface area contributed by atoms with Crippen molar-refractivity contribution in [3.8, 4) is 0 Å². The number of aliphatic imine (C=N–C) groups is 1. The molecular weight excluding hydrogens is 310 g/mol. The smallest absolute Gasteiger partial charge is 0.183 e. The maximum atomic E-state index is 8.71. The van der Waals surface area contributed by atoms with Gasteiger partial charge in [0.15, 0.2) is 5.90 Å². The summed E-state index contributed by atoms with van der Waals surface area (Å²) in [5.41, 5.74) is 0. The number of hydrogen-bond donors (Lipinski definition) is 1. The molecule has 1 N–H and O–H groups in total. The van der Waals surface area contributed by atoms with Gasteiger partial charge in [0.05, 0.1) is 6.54 Å². The lowest BCUT2D eigenvalue weighted by atomic mass is 10.1. The van der Waals surface area contributed by atoms with E-state index < -0.39 is 0 Å². The van der Waals surface area contributed by atoms with Crippen LogP contribution >= 0.6 is 0 Å². The van der Waals surface area contributed by atoms with Crippen LogP contribution in [0.4, 0.5) is 0 Å². The maximum absolute atomic E-state index is 8.71. The Morgan fingerprint density at radius 2 is 1.24 bits per heavy atom. The number of nitrogens with zero attached hydrogens (tertiary/aromatic N) is 1. The van der Waals surface area contributed by atoms with Crippen molar-refractivity contribution < 1.29 is 9.84 Å². The van der Waals surface area contributed by atoms with Gasteiger partial charge in [0.25, 0.3) is 0 Å². The topological polar surface area (TPSA) is 41.8 Å². The summed E-state index contributed by atoms with van der Waals surface area (Å²) in [6.45, 7) is 2.03. The van der Waals surface area contributed by atoms with Crippen LogP contribution < -0.4 is 0 Å². The minimum Gasteiger partial charge on any atom is -0.479 e. The van der Waals surface area contributed by atoms with Crippen LogP contribution in [0.1, 0.15) is 103 Å². The summed E-state index contributed by atoms with van der Waals surface area (Å²) in [5.74, 6) is 0.992. The van der Waals surface area contributed by atoms with Gasteiger partial charge in [-0.2, -0.15) is 0 Å². The fourth-order valence-corrected chi connectivity index (χ4v) is 3.27. The average Bonchev–Trinajstić information content (AvgIpc) is 3.14. The van der Waals surface area contributed by atoms with Gasteiger partial charge in [0, 0.05) is 13.0 Å². The van der Waals surface area contributed by atoms with Gasteiger partial charge in [0.2, 0.25) is 0 Å². The Balaban J connectivity index is 1.70. The lowest BCUT2D eigenvalue weighted by Gasteiger charge is -2.02. The first-order valence-corrected chi connectivity index (χ1v) is 10.9. The van der Waals surface area contributed by atoms with E-state index in [1.807, 2.05) is 0 Å². The number of allylic oxidation sites excluding steroid dienone is 2. The molecule has 1 aliphatic rings. The van der Waals surface area contributed by atoms with Crippen molar-refractivity contribution in [1.82, 2.24) is 0 Å². The number of rotatable bonds is 18. The fraction of sp³-hybridized carbons (Fsp3) is 0.864. The predicted octanol–water partition coefficient (Wildman–Crippen LogP) is 6.21. The molecule has 1 heterocycles. The Morgan fingerprint density at radius 1 is 0.720 bits per heavy atom. The summed E-state index contributed by atoms with van der Waals surface area (Å²) >= 11 is 0. The van der Waals surface area contributed by atoms with Gasteiger partial charge in [-0.05, 0) is 38.5 Å². The molecule has 0 aliphatic carbocycles. The first-order valence-electron chi connectivity index (χ1n) is 10.9. The van der Waals surface area contributed by atoms with E-state index >= 15 is 0 Å². The first kappa shape index (κ1) is 22.2. The Morgan fingerprint density at radius 3 is 1.76 bits per heavy atom. The lowest BCUT2D eigenvalue weighted by molar-refractivity contribution is 0.282. The van der Waals surface area contributed by atoms with Crippen LogP contribution in [0.15, 0.2) is 17.1 Å². The van der Waals surface area contributed by atoms with Gasteiger partial charge >= 0.3 is 0 Å². The Kier molecular flexibility index (Phi) is 16.0. The summed E-state index contributed by atoms with van der Waals surface area (Å²) in [4.78, 5) is 4.33. The number of hydrogen-bond acceptors (Lipinski definition) is 3. The fourth-order valence-electron chi connectivity index (χ4n) is 3.27. The third kappa shape index (κ3) is 15.2. The second-order valence-electron chi connectivity index (χ2n) is 7.24. The van der Waals surface area contributed by atoms with Crippen LogP contribution in [0.2, 0.25) is 0 Å². The predicted molar refractivity (Wildman–Crippen MR) is 108 cm³/mol. The minimum atomic E-state index is 0.358. The molecule has 3 nitrogen and oxygen atoms in total. The summed E-state index contributed by atoms with van der Waals surface area (Å²) < 4.78 is 5.42. The number of unbranched alkanes of at least 4 members (excludes halogenated alkanes) is 13. The van der Waals surface area contributed by atoms with Gasteiger partial charge in [-0.1, -0.05) is 69.9 Å². The molecule has 1 aliphatic heterocycles. The zero-order chi connectivity index (χ0) is 17.8. The Bertz CT molecular complexity index is 339. The number of aliphatic hydroxyl groups excluding tert-OH is 1. The first-order chi connectivity index (χ1) is 12.4.